The number of amides is 1. The van der Waals surface area contributed by atoms with Gasteiger partial charge in [0.15, 0.2) is 10.6 Å². The number of nitrogens with zero attached hydrogens (tertiary/aromatic N) is 2. The highest BCUT2D eigenvalue weighted by Crippen LogP contribution is 2.32. The molecule has 0 bridgehead atoms. The zero-order valence-electron chi connectivity index (χ0n) is 12.3. The molecule has 3 aromatic rings. The van der Waals surface area contributed by atoms with Crippen LogP contribution < -0.4 is 14.3 Å². The quantitative estimate of drug-likeness (QED) is 0.744. The van der Waals surface area contributed by atoms with Crippen LogP contribution in [0.5, 0.6) is 11.5 Å². The number of ether oxygens (including phenoxy) is 2. The maximum Gasteiger partial charge on any atom is 0.315 e. The largest absolute Gasteiger partial charge is 0.497 e. The van der Waals surface area contributed by atoms with Crippen LogP contribution in [0.3, 0.4) is 0 Å². The molecule has 0 unspecified atom stereocenters. The Balaban J connectivity index is 2.19. The van der Waals surface area contributed by atoms with Crippen LogP contribution >= 0.6 is 11.3 Å². The van der Waals surface area contributed by atoms with E-state index in [0.717, 1.165) is 10.2 Å². The molecule has 1 amide bonds. The summed E-state index contributed by atoms with van der Waals surface area (Å²) in [6.07, 6.45) is 1.45. The lowest BCUT2D eigenvalue weighted by Gasteiger charge is -2.06. The number of carbonyl (C=O) groups excluding carboxylic acids is 1. The normalized spacial score (nSPS) is 11.9. The number of hydrogen-bond acceptors (Lipinski definition) is 5. The molecule has 22 heavy (non-hydrogen) atoms. The van der Waals surface area contributed by atoms with E-state index in [1.807, 2.05) is 17.7 Å². The molecular formula is C15H14N2O4S. The average molecular weight is 318 g/mol. The van der Waals surface area contributed by atoms with Gasteiger partial charge in [-0.25, -0.2) is 0 Å². The molecule has 0 N–H and O–H groups in total. The molecule has 6 nitrogen and oxygen atoms in total. The van der Waals surface area contributed by atoms with E-state index in [4.69, 9.17) is 13.9 Å². The maximum atomic E-state index is 12.1. The number of hydrogen-bond donors (Lipinski definition) is 0. The summed E-state index contributed by atoms with van der Waals surface area (Å²) in [4.78, 5) is 16.7. The molecule has 0 atom stereocenters. The van der Waals surface area contributed by atoms with Crippen LogP contribution in [0.15, 0.2) is 39.9 Å². The number of carbonyl (C=O) groups is 1. The summed E-state index contributed by atoms with van der Waals surface area (Å²) in [5, 5.41) is 0. The lowest BCUT2D eigenvalue weighted by molar-refractivity contribution is 0.0971. The average Bonchev–Trinajstić information content (AvgIpc) is 3.15. The highest BCUT2D eigenvalue weighted by atomic mass is 32.1. The molecule has 0 aliphatic carbocycles. The summed E-state index contributed by atoms with van der Waals surface area (Å²) in [5.74, 6) is 1.15. The van der Waals surface area contributed by atoms with Gasteiger partial charge in [0.25, 0.3) is 0 Å². The minimum atomic E-state index is -0.418. The monoisotopic (exact) mass is 318 g/mol. The van der Waals surface area contributed by atoms with Crippen molar-refractivity contribution < 1.29 is 18.7 Å². The zero-order chi connectivity index (χ0) is 15.7. The first-order chi connectivity index (χ1) is 10.6. The second kappa shape index (κ2) is 5.69. The molecule has 2 heterocycles. The van der Waals surface area contributed by atoms with E-state index >= 15 is 0 Å². The smallest absolute Gasteiger partial charge is 0.315 e. The molecule has 114 valence electrons. The van der Waals surface area contributed by atoms with Gasteiger partial charge in [0, 0.05) is 13.1 Å². The minimum Gasteiger partial charge on any atom is -0.497 e. The molecule has 1 aromatic carbocycles. The molecule has 0 saturated heterocycles. The summed E-state index contributed by atoms with van der Waals surface area (Å²) >= 11 is 1.38. The van der Waals surface area contributed by atoms with E-state index < -0.39 is 5.91 Å². The molecule has 7 heteroatoms. The number of fused-ring (bicyclic) bond motifs is 1. The van der Waals surface area contributed by atoms with Gasteiger partial charge in [-0.15, -0.1) is 0 Å². The van der Waals surface area contributed by atoms with Gasteiger partial charge in [-0.3, -0.25) is 4.79 Å². The summed E-state index contributed by atoms with van der Waals surface area (Å²) in [6, 6.07) is 6.93. The van der Waals surface area contributed by atoms with Gasteiger partial charge in [-0.05, 0) is 18.2 Å². The number of thiazole rings is 1. The second-order valence-electron chi connectivity index (χ2n) is 4.51. The van der Waals surface area contributed by atoms with Gasteiger partial charge in [-0.1, -0.05) is 11.3 Å². The Morgan fingerprint density at radius 3 is 2.77 bits per heavy atom. The topological polar surface area (TPSA) is 66.0 Å². The maximum absolute atomic E-state index is 12.1. The van der Waals surface area contributed by atoms with Crippen LogP contribution in [-0.4, -0.2) is 24.7 Å². The van der Waals surface area contributed by atoms with Crippen LogP contribution in [0.1, 0.15) is 10.6 Å². The number of furan rings is 1. The third kappa shape index (κ3) is 2.39. The van der Waals surface area contributed by atoms with Crippen LogP contribution in [0.4, 0.5) is 0 Å². The van der Waals surface area contributed by atoms with Crippen molar-refractivity contribution in [1.82, 2.24) is 4.57 Å². The summed E-state index contributed by atoms with van der Waals surface area (Å²) < 4.78 is 18.5. The Hall–Kier alpha value is -2.54. The summed E-state index contributed by atoms with van der Waals surface area (Å²) in [6.45, 7) is 0. The minimum absolute atomic E-state index is 0.210. The number of benzene rings is 1. The Morgan fingerprint density at radius 2 is 2.14 bits per heavy atom. The first-order valence-electron chi connectivity index (χ1n) is 6.48. The van der Waals surface area contributed by atoms with Crippen molar-refractivity contribution in [1.29, 1.82) is 0 Å². The Labute approximate surface area is 130 Å². The first kappa shape index (κ1) is 14.4. The van der Waals surface area contributed by atoms with Gasteiger partial charge in [0.2, 0.25) is 0 Å². The van der Waals surface area contributed by atoms with Crippen LogP contribution in [0.25, 0.3) is 10.2 Å². The number of aromatic nitrogens is 1. The van der Waals surface area contributed by atoms with Gasteiger partial charge in [-0.2, -0.15) is 4.99 Å². The molecule has 0 saturated carbocycles. The van der Waals surface area contributed by atoms with Crippen molar-refractivity contribution in [3.63, 3.8) is 0 Å². The van der Waals surface area contributed by atoms with Crippen molar-refractivity contribution in [3.8, 4) is 11.5 Å². The molecular weight excluding hydrogens is 304 g/mol. The lowest BCUT2D eigenvalue weighted by atomic mass is 10.3. The Kier molecular flexibility index (Phi) is 3.72. The van der Waals surface area contributed by atoms with Gasteiger partial charge in [0.05, 0.1) is 25.2 Å². The van der Waals surface area contributed by atoms with E-state index in [2.05, 4.69) is 4.99 Å². The summed E-state index contributed by atoms with van der Waals surface area (Å²) in [7, 11) is 5.03. The van der Waals surface area contributed by atoms with Crippen molar-refractivity contribution in [2.45, 2.75) is 0 Å². The lowest BCUT2D eigenvalue weighted by Crippen LogP contribution is -2.13. The fraction of sp³-hybridized carbons (Fsp3) is 0.200. The van der Waals surface area contributed by atoms with Crippen molar-refractivity contribution >= 4 is 27.5 Å². The predicted molar refractivity (Wildman–Crippen MR) is 82.5 cm³/mol. The number of aryl methyl sites for hydroxylation is 1. The Morgan fingerprint density at radius 1 is 1.32 bits per heavy atom. The van der Waals surface area contributed by atoms with Gasteiger partial charge < -0.3 is 18.5 Å². The van der Waals surface area contributed by atoms with E-state index in [9.17, 15) is 4.79 Å². The number of rotatable bonds is 3. The van der Waals surface area contributed by atoms with Crippen molar-refractivity contribution in [3.05, 3.63) is 41.1 Å². The van der Waals surface area contributed by atoms with E-state index in [-0.39, 0.29) is 5.76 Å². The van der Waals surface area contributed by atoms with E-state index in [1.165, 1.54) is 17.6 Å². The van der Waals surface area contributed by atoms with Crippen LogP contribution in [0.2, 0.25) is 0 Å². The highest BCUT2D eigenvalue weighted by Gasteiger charge is 2.13. The zero-order valence-corrected chi connectivity index (χ0v) is 13.1. The molecule has 0 spiro atoms. The molecule has 3 rings (SSSR count). The third-order valence-electron chi connectivity index (χ3n) is 3.22. The Bertz CT molecular complexity index is 890. The van der Waals surface area contributed by atoms with E-state index in [1.54, 1.807) is 32.4 Å². The SMILES string of the molecule is COc1cc(OC)c2c(c1)sc(=NC(=O)c1ccco1)n2C. The second-order valence-corrected chi connectivity index (χ2v) is 5.52. The third-order valence-corrected chi connectivity index (χ3v) is 4.30. The molecule has 2 aromatic heterocycles. The van der Waals surface area contributed by atoms with Gasteiger partial charge >= 0.3 is 5.91 Å². The fourth-order valence-corrected chi connectivity index (χ4v) is 3.21. The molecule has 0 aliphatic heterocycles. The molecule has 0 radical (unpaired) electrons. The standard InChI is InChI=1S/C15H14N2O4S/c1-17-13-11(20-3)7-9(19-2)8-12(13)22-15(17)16-14(18)10-5-4-6-21-10/h4-8H,1-3H3. The molecule has 0 aliphatic rings. The van der Waals surface area contributed by atoms with Crippen LogP contribution in [0, 0.1) is 0 Å². The highest BCUT2D eigenvalue weighted by molar-refractivity contribution is 7.16. The van der Waals surface area contributed by atoms with Crippen molar-refractivity contribution in [2.24, 2.45) is 12.0 Å². The number of methoxy groups -OCH3 is 2. The summed E-state index contributed by atoms with van der Waals surface area (Å²) in [5.41, 5.74) is 0.860. The van der Waals surface area contributed by atoms with Crippen molar-refractivity contribution in [2.75, 3.05) is 14.2 Å². The van der Waals surface area contributed by atoms with Crippen LogP contribution in [-0.2, 0) is 7.05 Å². The van der Waals surface area contributed by atoms with Gasteiger partial charge in [0.1, 0.15) is 17.0 Å². The first-order valence-corrected chi connectivity index (χ1v) is 7.30. The van der Waals surface area contributed by atoms with E-state index in [0.29, 0.717) is 16.3 Å². The fourth-order valence-electron chi connectivity index (χ4n) is 2.14. The molecule has 0 fully saturated rings. The predicted octanol–water partition coefficient (Wildman–Crippen LogP) is 2.59.